The molecule has 0 heterocycles. The average Bonchev–Trinajstić information content (AvgIpc) is 2.90. The number of halogens is 3. The second kappa shape index (κ2) is 12.8. The molecule has 3 aromatic carbocycles. The lowest BCUT2D eigenvalue weighted by molar-refractivity contribution is -0.137. The highest BCUT2D eigenvalue weighted by Crippen LogP contribution is 2.38. The van der Waals surface area contributed by atoms with Crippen molar-refractivity contribution in [2.24, 2.45) is 16.7 Å². The summed E-state index contributed by atoms with van der Waals surface area (Å²) in [5, 5.41) is 3.74. The van der Waals surface area contributed by atoms with Crippen LogP contribution in [0, 0.1) is 0 Å². The number of hydrazone groups is 1. The number of hydrazine groups is 1. The molecule has 0 saturated heterocycles. The molecule has 0 atom stereocenters. The summed E-state index contributed by atoms with van der Waals surface area (Å²) in [6.07, 6.45) is -4.97. The van der Waals surface area contributed by atoms with Crippen LogP contribution in [0.25, 0.3) is 11.1 Å². The summed E-state index contributed by atoms with van der Waals surface area (Å²) >= 11 is 0. The van der Waals surface area contributed by atoms with Crippen molar-refractivity contribution in [3.05, 3.63) is 89.0 Å². The van der Waals surface area contributed by atoms with Gasteiger partial charge in [0.05, 0.1) is 12.7 Å². The van der Waals surface area contributed by atoms with Crippen LogP contribution in [-0.2, 0) is 30.5 Å². The standard InChI is InChI=1S/C27H30F3N5O3/c1-3-35(26(36)38-17-18-7-5-4-6-8-18)16-20-15-21(27(28,29)30)10-11-22(20)23-13-19(9-12-24(23)37-2)14-25(31)33-34-32/h4-13,15,34H,3,14,16-17,32H2,1-2H3,(H2,31,33). The Morgan fingerprint density at radius 2 is 1.76 bits per heavy atom. The van der Waals surface area contributed by atoms with Gasteiger partial charge in [-0.2, -0.15) is 18.3 Å². The van der Waals surface area contributed by atoms with Gasteiger partial charge in [-0.15, -0.1) is 0 Å². The first kappa shape index (κ1) is 28.3. The van der Waals surface area contributed by atoms with Crippen LogP contribution in [-0.4, -0.2) is 30.5 Å². The molecule has 0 fully saturated rings. The lowest BCUT2D eigenvalue weighted by atomic mass is 9.94. The highest BCUT2D eigenvalue weighted by atomic mass is 19.4. The quantitative estimate of drug-likeness (QED) is 0.150. The number of nitrogens with zero attached hydrogens (tertiary/aromatic N) is 2. The maximum atomic E-state index is 13.6. The van der Waals surface area contributed by atoms with Crippen LogP contribution in [0.5, 0.6) is 5.75 Å². The maximum absolute atomic E-state index is 13.6. The van der Waals surface area contributed by atoms with Crippen LogP contribution >= 0.6 is 0 Å². The third-order valence-corrected chi connectivity index (χ3v) is 5.79. The van der Waals surface area contributed by atoms with Crippen LogP contribution in [0.3, 0.4) is 0 Å². The molecule has 11 heteroatoms. The molecular formula is C27H30F3N5O3. The van der Waals surface area contributed by atoms with Crippen LogP contribution in [0.15, 0.2) is 71.8 Å². The molecule has 0 aliphatic heterocycles. The molecule has 0 spiro atoms. The third-order valence-electron chi connectivity index (χ3n) is 5.79. The molecule has 3 aromatic rings. The number of alkyl halides is 3. The first-order valence-corrected chi connectivity index (χ1v) is 11.8. The molecule has 5 N–H and O–H groups in total. The number of nitrogens with one attached hydrogen (secondary N) is 1. The fraction of sp³-hybridized carbons (Fsp3) is 0.259. The Labute approximate surface area is 219 Å². The van der Waals surface area contributed by atoms with Crippen molar-refractivity contribution in [3.63, 3.8) is 0 Å². The molecule has 3 rings (SSSR count). The van der Waals surface area contributed by atoms with Gasteiger partial charge in [0.2, 0.25) is 0 Å². The first-order valence-electron chi connectivity index (χ1n) is 11.8. The Morgan fingerprint density at radius 3 is 2.39 bits per heavy atom. The number of amidine groups is 1. The highest BCUT2D eigenvalue weighted by Gasteiger charge is 2.32. The summed E-state index contributed by atoms with van der Waals surface area (Å²) in [7, 11) is 1.47. The Hall–Kier alpha value is -4.25. The van der Waals surface area contributed by atoms with Gasteiger partial charge >= 0.3 is 12.3 Å². The number of hydrogen-bond donors (Lipinski definition) is 3. The fourth-order valence-electron chi connectivity index (χ4n) is 3.89. The lowest BCUT2D eigenvalue weighted by Gasteiger charge is -2.23. The van der Waals surface area contributed by atoms with Gasteiger partial charge in [0.1, 0.15) is 18.2 Å². The van der Waals surface area contributed by atoms with Gasteiger partial charge in [0.15, 0.2) is 0 Å². The van der Waals surface area contributed by atoms with E-state index in [0.717, 1.165) is 23.3 Å². The molecule has 0 radical (unpaired) electrons. The molecule has 0 bridgehead atoms. The van der Waals surface area contributed by atoms with E-state index in [0.29, 0.717) is 16.9 Å². The van der Waals surface area contributed by atoms with Crippen LogP contribution in [0.1, 0.15) is 29.2 Å². The monoisotopic (exact) mass is 529 g/mol. The molecule has 0 saturated carbocycles. The van der Waals surface area contributed by atoms with Gasteiger partial charge in [0.25, 0.3) is 0 Å². The Bertz CT molecular complexity index is 1270. The van der Waals surface area contributed by atoms with Gasteiger partial charge in [-0.3, -0.25) is 0 Å². The van der Waals surface area contributed by atoms with Gasteiger partial charge in [-0.25, -0.2) is 16.2 Å². The molecular weight excluding hydrogens is 499 g/mol. The van der Waals surface area contributed by atoms with Crippen molar-refractivity contribution < 1.29 is 27.4 Å². The van der Waals surface area contributed by atoms with Crippen LogP contribution in [0.4, 0.5) is 18.0 Å². The number of methoxy groups -OCH3 is 1. The topological polar surface area (TPSA) is 115 Å². The van der Waals surface area contributed by atoms with E-state index >= 15 is 0 Å². The summed E-state index contributed by atoms with van der Waals surface area (Å²) < 4.78 is 51.9. The third kappa shape index (κ3) is 7.39. The Kier molecular flexibility index (Phi) is 9.55. The summed E-state index contributed by atoms with van der Waals surface area (Å²) in [5.74, 6) is 5.84. The van der Waals surface area contributed by atoms with E-state index in [4.69, 9.17) is 21.1 Å². The SMILES string of the molecule is CCN(Cc1cc(C(F)(F)F)ccc1-c1cc(C/C(N)=N/NN)ccc1OC)C(=O)OCc1ccccc1. The lowest BCUT2D eigenvalue weighted by Crippen LogP contribution is -2.31. The highest BCUT2D eigenvalue weighted by molar-refractivity contribution is 5.83. The average molecular weight is 530 g/mol. The molecule has 0 unspecified atom stereocenters. The summed E-state index contributed by atoms with van der Waals surface area (Å²) in [6.45, 7) is 1.88. The second-order valence-corrected chi connectivity index (χ2v) is 8.37. The van der Waals surface area contributed by atoms with Crippen molar-refractivity contribution >= 4 is 11.9 Å². The second-order valence-electron chi connectivity index (χ2n) is 8.37. The molecule has 0 aliphatic rings. The smallest absolute Gasteiger partial charge is 0.416 e. The first-order chi connectivity index (χ1) is 18.2. The zero-order valence-corrected chi connectivity index (χ0v) is 21.1. The van der Waals surface area contributed by atoms with E-state index in [1.54, 1.807) is 25.1 Å². The van der Waals surface area contributed by atoms with Gasteiger partial charge in [0, 0.05) is 25.1 Å². The van der Waals surface area contributed by atoms with Crippen molar-refractivity contribution in [2.75, 3.05) is 13.7 Å². The zero-order chi connectivity index (χ0) is 27.7. The van der Waals surface area contributed by atoms with Crippen molar-refractivity contribution in [1.82, 2.24) is 10.4 Å². The number of benzene rings is 3. The van der Waals surface area contributed by atoms with Gasteiger partial charge in [-0.05, 0) is 53.4 Å². The number of carbonyl (C=O) groups is 1. The van der Waals surface area contributed by atoms with E-state index in [1.165, 1.54) is 18.1 Å². The fourth-order valence-corrected chi connectivity index (χ4v) is 3.89. The van der Waals surface area contributed by atoms with E-state index in [2.05, 4.69) is 10.6 Å². The molecule has 0 aromatic heterocycles. The minimum Gasteiger partial charge on any atom is -0.496 e. The van der Waals surface area contributed by atoms with Crippen molar-refractivity contribution in [3.8, 4) is 16.9 Å². The molecule has 0 aliphatic carbocycles. The van der Waals surface area contributed by atoms with E-state index in [1.807, 2.05) is 30.3 Å². The molecule has 38 heavy (non-hydrogen) atoms. The Balaban J connectivity index is 1.99. The van der Waals surface area contributed by atoms with Crippen LogP contribution < -0.4 is 21.8 Å². The van der Waals surface area contributed by atoms with Gasteiger partial charge < -0.3 is 20.1 Å². The van der Waals surface area contributed by atoms with Crippen molar-refractivity contribution in [2.45, 2.75) is 32.7 Å². The number of carbonyl (C=O) groups excluding carboxylic acids is 1. The largest absolute Gasteiger partial charge is 0.496 e. The minimum absolute atomic E-state index is 0.0438. The number of rotatable bonds is 10. The summed E-state index contributed by atoms with van der Waals surface area (Å²) in [4.78, 5) is 14.2. The van der Waals surface area contributed by atoms with Crippen LogP contribution in [0.2, 0.25) is 0 Å². The van der Waals surface area contributed by atoms with Gasteiger partial charge in [-0.1, -0.05) is 42.5 Å². The zero-order valence-electron chi connectivity index (χ0n) is 21.1. The normalized spacial score (nSPS) is 11.7. The summed E-state index contributed by atoms with van der Waals surface area (Å²) in [5.41, 5.74) is 9.97. The maximum Gasteiger partial charge on any atom is 0.416 e. The predicted molar refractivity (Wildman–Crippen MR) is 139 cm³/mol. The predicted octanol–water partition coefficient (Wildman–Crippen LogP) is 4.82. The number of amides is 1. The number of hydrogen-bond acceptors (Lipinski definition) is 6. The molecule has 8 nitrogen and oxygen atoms in total. The van der Waals surface area contributed by atoms with E-state index in [-0.39, 0.29) is 37.5 Å². The minimum atomic E-state index is -4.57. The Morgan fingerprint density at radius 1 is 1.03 bits per heavy atom. The van der Waals surface area contributed by atoms with E-state index < -0.39 is 17.8 Å². The van der Waals surface area contributed by atoms with E-state index in [9.17, 15) is 18.0 Å². The molecule has 1 amide bonds. The van der Waals surface area contributed by atoms with Crippen molar-refractivity contribution in [1.29, 1.82) is 0 Å². The number of ether oxygens (including phenoxy) is 2. The molecule has 202 valence electrons. The number of nitrogens with two attached hydrogens (primary N) is 2. The summed E-state index contributed by atoms with van der Waals surface area (Å²) in [6, 6.07) is 17.8.